The minimum atomic E-state index is -1.03. The van der Waals surface area contributed by atoms with Gasteiger partial charge in [-0.2, -0.15) is 10.1 Å². The van der Waals surface area contributed by atoms with Gasteiger partial charge in [-0.05, 0) is 0 Å². The molecule has 146 valence electrons. The molecule has 1 aliphatic heterocycles. The first-order chi connectivity index (χ1) is 12.7. The van der Waals surface area contributed by atoms with Gasteiger partial charge in [0.05, 0.1) is 12.5 Å². The van der Waals surface area contributed by atoms with Crippen molar-refractivity contribution < 1.29 is 24.3 Å². The van der Waals surface area contributed by atoms with E-state index < -0.39 is 23.7 Å². The average molecular weight is 379 g/mol. The van der Waals surface area contributed by atoms with Gasteiger partial charge in [-0.15, -0.1) is 0 Å². The molecule has 0 spiro atoms. The lowest BCUT2D eigenvalue weighted by atomic mass is 10.2. The number of hydrogen-bond donors (Lipinski definition) is 4. The van der Waals surface area contributed by atoms with Crippen molar-refractivity contribution in [3.63, 3.8) is 0 Å². The fourth-order valence-electron chi connectivity index (χ4n) is 2.42. The van der Waals surface area contributed by atoms with Crippen LogP contribution in [-0.4, -0.2) is 69.1 Å². The van der Waals surface area contributed by atoms with Crippen LogP contribution in [-0.2, 0) is 16.1 Å². The predicted molar refractivity (Wildman–Crippen MR) is 92.7 cm³/mol. The first-order valence-electron chi connectivity index (χ1n) is 8.19. The topological polar surface area (TPSA) is 186 Å². The molecule has 1 atom stereocenters. The van der Waals surface area contributed by atoms with E-state index in [4.69, 9.17) is 16.6 Å². The maximum absolute atomic E-state index is 12.5. The molecular weight excluding hydrogens is 358 g/mol. The number of nitrogens with two attached hydrogens (primary N) is 2. The van der Waals surface area contributed by atoms with Gasteiger partial charge in [-0.3, -0.25) is 23.9 Å². The van der Waals surface area contributed by atoms with Crippen LogP contribution in [0, 0.1) is 5.92 Å². The standard InChI is InChI=1S/C15H21N7O5/c1-8(14(26)27)7-18-12(24)9-6-10-13(25)21(4-5-22(10)20-9)3-2-11(23)19-15(16)17/h6,8H,2-5,7H2,1H3,(H,18,24)(H,26,27)(H4,16,17,19,23)/t8-/m0/s1. The van der Waals surface area contributed by atoms with Crippen LogP contribution < -0.4 is 16.8 Å². The molecule has 1 aliphatic rings. The number of rotatable bonds is 7. The highest BCUT2D eigenvalue weighted by Gasteiger charge is 2.28. The first kappa shape index (κ1) is 19.9. The second-order valence-electron chi connectivity index (χ2n) is 6.06. The van der Waals surface area contributed by atoms with E-state index in [9.17, 15) is 19.2 Å². The van der Waals surface area contributed by atoms with Gasteiger partial charge in [-0.25, -0.2) is 0 Å². The number of amides is 3. The van der Waals surface area contributed by atoms with Gasteiger partial charge in [0.1, 0.15) is 5.69 Å². The largest absolute Gasteiger partial charge is 0.481 e. The van der Waals surface area contributed by atoms with E-state index >= 15 is 0 Å². The Morgan fingerprint density at radius 1 is 1.37 bits per heavy atom. The third-order valence-corrected chi connectivity index (χ3v) is 3.94. The number of carboxylic acids is 1. The summed E-state index contributed by atoms with van der Waals surface area (Å²) < 4.78 is 1.41. The number of aromatic nitrogens is 2. The number of guanidine groups is 1. The van der Waals surface area contributed by atoms with Crippen LogP contribution in [0.15, 0.2) is 11.1 Å². The molecule has 0 saturated carbocycles. The van der Waals surface area contributed by atoms with Crippen molar-refractivity contribution in [2.24, 2.45) is 22.4 Å². The highest BCUT2D eigenvalue weighted by atomic mass is 16.4. The molecule has 1 aromatic rings. The minimum Gasteiger partial charge on any atom is -0.481 e. The zero-order valence-electron chi connectivity index (χ0n) is 14.7. The van der Waals surface area contributed by atoms with Crippen molar-refractivity contribution in [2.75, 3.05) is 19.6 Å². The van der Waals surface area contributed by atoms with Crippen LogP contribution in [0.4, 0.5) is 0 Å². The molecule has 0 bridgehead atoms. The van der Waals surface area contributed by atoms with Crippen LogP contribution in [0.3, 0.4) is 0 Å². The molecule has 0 aromatic carbocycles. The number of carboxylic acid groups (broad SMARTS) is 1. The maximum Gasteiger partial charge on any atom is 0.308 e. The average Bonchev–Trinajstić information content (AvgIpc) is 3.03. The quantitative estimate of drug-likeness (QED) is 0.309. The molecule has 0 fully saturated rings. The molecule has 2 rings (SSSR count). The monoisotopic (exact) mass is 379 g/mol. The third-order valence-electron chi connectivity index (χ3n) is 3.94. The van der Waals surface area contributed by atoms with E-state index in [-0.39, 0.29) is 42.8 Å². The zero-order chi connectivity index (χ0) is 20.1. The summed E-state index contributed by atoms with van der Waals surface area (Å²) in [6.45, 7) is 2.22. The van der Waals surface area contributed by atoms with Crippen molar-refractivity contribution in [2.45, 2.75) is 19.9 Å². The SMILES string of the molecule is C[C@@H](CNC(=O)c1cc2n(n1)CCN(CCC(=O)N=C(N)N)C2=O)C(=O)O. The second kappa shape index (κ2) is 8.29. The Hall–Kier alpha value is -3.44. The Bertz CT molecular complexity index is 796. The summed E-state index contributed by atoms with van der Waals surface area (Å²) in [5.74, 6) is -3.58. The van der Waals surface area contributed by atoms with Crippen molar-refractivity contribution in [1.82, 2.24) is 20.0 Å². The molecule has 0 unspecified atom stereocenters. The Labute approximate surface area is 154 Å². The summed E-state index contributed by atoms with van der Waals surface area (Å²) in [6.07, 6.45) is -0.0296. The lowest BCUT2D eigenvalue weighted by molar-refractivity contribution is -0.140. The number of carbonyl (C=O) groups excluding carboxylic acids is 3. The number of aliphatic carboxylic acids is 1. The fraction of sp³-hybridized carbons (Fsp3) is 0.467. The van der Waals surface area contributed by atoms with Gasteiger partial charge in [-0.1, -0.05) is 6.92 Å². The van der Waals surface area contributed by atoms with Gasteiger partial charge < -0.3 is 26.8 Å². The van der Waals surface area contributed by atoms with E-state index in [2.05, 4.69) is 15.4 Å². The number of hydrogen-bond acceptors (Lipinski definition) is 5. The van der Waals surface area contributed by atoms with E-state index in [1.54, 1.807) is 0 Å². The summed E-state index contributed by atoms with van der Waals surface area (Å²) >= 11 is 0. The molecule has 2 heterocycles. The lowest BCUT2D eigenvalue weighted by Crippen LogP contribution is -2.41. The van der Waals surface area contributed by atoms with E-state index in [1.165, 1.54) is 22.6 Å². The summed E-state index contributed by atoms with van der Waals surface area (Å²) in [5.41, 5.74) is 10.5. The van der Waals surface area contributed by atoms with Crippen molar-refractivity contribution in [3.05, 3.63) is 17.5 Å². The van der Waals surface area contributed by atoms with E-state index in [0.29, 0.717) is 13.1 Å². The molecule has 12 heteroatoms. The lowest BCUT2D eigenvalue weighted by Gasteiger charge is -2.26. The van der Waals surface area contributed by atoms with Gasteiger partial charge >= 0.3 is 5.97 Å². The number of fused-ring (bicyclic) bond motifs is 1. The molecule has 12 nitrogen and oxygen atoms in total. The predicted octanol–water partition coefficient (Wildman–Crippen LogP) is -2.02. The summed E-state index contributed by atoms with van der Waals surface area (Å²) in [6, 6.07) is 1.34. The van der Waals surface area contributed by atoms with Gasteiger partial charge in [0.2, 0.25) is 0 Å². The molecule has 0 aliphatic carbocycles. The van der Waals surface area contributed by atoms with Crippen LogP contribution in [0.1, 0.15) is 34.3 Å². The molecule has 0 radical (unpaired) electrons. The number of carbonyl (C=O) groups is 4. The Kier molecular flexibility index (Phi) is 6.11. The third kappa shape index (κ3) is 5.03. The highest BCUT2D eigenvalue weighted by molar-refractivity contribution is 5.98. The highest BCUT2D eigenvalue weighted by Crippen LogP contribution is 2.14. The molecule has 3 amide bonds. The minimum absolute atomic E-state index is 0.0226. The second-order valence-corrected chi connectivity index (χ2v) is 6.06. The Morgan fingerprint density at radius 2 is 2.07 bits per heavy atom. The Morgan fingerprint density at radius 3 is 2.70 bits per heavy atom. The number of aliphatic imine (C=N–C) groups is 1. The Balaban J connectivity index is 2.00. The maximum atomic E-state index is 12.5. The van der Waals surface area contributed by atoms with Crippen LogP contribution >= 0.6 is 0 Å². The van der Waals surface area contributed by atoms with Crippen LogP contribution in [0.5, 0.6) is 0 Å². The van der Waals surface area contributed by atoms with Gasteiger partial charge in [0.15, 0.2) is 11.7 Å². The van der Waals surface area contributed by atoms with Crippen LogP contribution in [0.25, 0.3) is 0 Å². The first-order valence-corrected chi connectivity index (χ1v) is 8.19. The van der Waals surface area contributed by atoms with Crippen molar-refractivity contribution >= 4 is 29.7 Å². The molecule has 1 aromatic heterocycles. The van der Waals surface area contributed by atoms with Crippen LogP contribution in [0.2, 0.25) is 0 Å². The molecule has 6 N–H and O–H groups in total. The number of nitrogens with zero attached hydrogens (tertiary/aromatic N) is 4. The van der Waals surface area contributed by atoms with E-state index in [0.717, 1.165) is 0 Å². The fourth-order valence-corrected chi connectivity index (χ4v) is 2.42. The summed E-state index contributed by atoms with van der Waals surface area (Å²) in [5, 5.41) is 15.4. The smallest absolute Gasteiger partial charge is 0.308 e. The number of nitrogens with one attached hydrogen (secondary N) is 1. The zero-order valence-corrected chi connectivity index (χ0v) is 14.7. The normalized spacial score (nSPS) is 14.3. The molecule has 27 heavy (non-hydrogen) atoms. The summed E-state index contributed by atoms with van der Waals surface area (Å²) in [7, 11) is 0. The van der Waals surface area contributed by atoms with Gasteiger partial charge in [0.25, 0.3) is 17.7 Å². The molecule has 0 saturated heterocycles. The molecular formula is C15H21N7O5. The van der Waals surface area contributed by atoms with Gasteiger partial charge in [0, 0.05) is 32.1 Å². The van der Waals surface area contributed by atoms with Crippen molar-refractivity contribution in [1.29, 1.82) is 0 Å². The van der Waals surface area contributed by atoms with E-state index in [1.807, 2.05) is 0 Å². The van der Waals surface area contributed by atoms with Crippen molar-refractivity contribution in [3.8, 4) is 0 Å². The summed E-state index contributed by atoms with van der Waals surface area (Å²) in [4.78, 5) is 51.8.